The second-order valence-electron chi connectivity index (χ2n) is 4.93. The Morgan fingerprint density at radius 2 is 1.55 bits per heavy atom. The molecule has 0 heterocycles. The fraction of sp³-hybridized carbons (Fsp3) is 0.200. The molecule has 0 saturated carbocycles. The average Bonchev–Trinajstić information content (AvgIpc) is 2.37. The number of sulfonamides is 1. The molecule has 0 amide bonds. The normalized spacial score (nSPS) is 11.7. The molecular weight excluding hydrogens is 437 g/mol. The summed E-state index contributed by atoms with van der Waals surface area (Å²) in [6, 6.07) is 10.8. The molecule has 0 bridgehead atoms. The van der Waals surface area contributed by atoms with Crippen LogP contribution in [0.1, 0.15) is 13.8 Å². The molecule has 7 heteroatoms. The number of para-hydroxylation sites is 1. The minimum Gasteiger partial charge on any atom is -0.264 e. The largest absolute Gasteiger partial charge is 0.266 e. The summed E-state index contributed by atoms with van der Waals surface area (Å²) in [5, 5.41) is 0. The molecular formula is C15H14Br2FNO2S. The predicted octanol–water partition coefficient (Wildman–Crippen LogP) is 4.95. The van der Waals surface area contributed by atoms with E-state index in [4.69, 9.17) is 0 Å². The topological polar surface area (TPSA) is 37.4 Å². The standard InChI is InChI=1S/C15H14Br2FNO2S/c1-10(2)19(12-6-4-3-5-7-12)22(20,21)15-13(16)8-11(18)9-14(15)17/h3-10H,1-2H3. The van der Waals surface area contributed by atoms with Crippen LogP contribution in [0.5, 0.6) is 0 Å². The summed E-state index contributed by atoms with van der Waals surface area (Å²) in [4.78, 5) is 0.00598. The maximum atomic E-state index is 13.4. The highest BCUT2D eigenvalue weighted by atomic mass is 79.9. The molecule has 118 valence electrons. The lowest BCUT2D eigenvalue weighted by atomic mass is 10.3. The summed E-state index contributed by atoms with van der Waals surface area (Å²) < 4.78 is 41.2. The van der Waals surface area contributed by atoms with E-state index in [0.29, 0.717) is 5.69 Å². The Balaban J connectivity index is 2.67. The lowest BCUT2D eigenvalue weighted by molar-refractivity contribution is 0.582. The summed E-state index contributed by atoms with van der Waals surface area (Å²) in [5.74, 6) is -0.520. The third kappa shape index (κ3) is 3.36. The van der Waals surface area contributed by atoms with Gasteiger partial charge in [-0.15, -0.1) is 0 Å². The number of nitrogens with zero attached hydrogens (tertiary/aromatic N) is 1. The van der Waals surface area contributed by atoms with Crippen LogP contribution in [0.3, 0.4) is 0 Å². The zero-order valence-electron chi connectivity index (χ0n) is 11.9. The summed E-state index contributed by atoms with van der Waals surface area (Å²) in [5.41, 5.74) is 0.556. The highest BCUT2D eigenvalue weighted by Gasteiger charge is 2.31. The van der Waals surface area contributed by atoms with E-state index in [2.05, 4.69) is 31.9 Å². The average molecular weight is 451 g/mol. The Hall–Kier alpha value is -0.920. The molecule has 2 aromatic carbocycles. The number of hydrogen-bond acceptors (Lipinski definition) is 2. The van der Waals surface area contributed by atoms with Crippen LogP contribution in [-0.2, 0) is 10.0 Å². The number of hydrogen-bond donors (Lipinski definition) is 0. The van der Waals surface area contributed by atoms with Crippen molar-refractivity contribution in [1.29, 1.82) is 0 Å². The van der Waals surface area contributed by atoms with Crippen molar-refractivity contribution in [3.8, 4) is 0 Å². The van der Waals surface area contributed by atoms with Crippen molar-refractivity contribution in [2.75, 3.05) is 4.31 Å². The summed E-state index contributed by atoms with van der Waals surface area (Å²) in [6.07, 6.45) is 0. The minimum absolute atomic E-state index is 0.00598. The van der Waals surface area contributed by atoms with E-state index < -0.39 is 15.8 Å². The second-order valence-corrected chi connectivity index (χ2v) is 8.39. The van der Waals surface area contributed by atoms with Crippen LogP contribution in [0.2, 0.25) is 0 Å². The Labute approximate surface area is 146 Å². The molecule has 0 unspecified atom stereocenters. The zero-order valence-corrected chi connectivity index (χ0v) is 15.9. The van der Waals surface area contributed by atoms with E-state index in [-0.39, 0.29) is 19.9 Å². The van der Waals surface area contributed by atoms with Crippen molar-refractivity contribution < 1.29 is 12.8 Å². The number of benzene rings is 2. The van der Waals surface area contributed by atoms with Gasteiger partial charge in [-0.1, -0.05) is 18.2 Å². The molecule has 0 saturated heterocycles. The summed E-state index contributed by atoms with van der Waals surface area (Å²) in [7, 11) is -3.86. The lowest BCUT2D eigenvalue weighted by Gasteiger charge is -2.29. The SMILES string of the molecule is CC(C)N(c1ccccc1)S(=O)(=O)c1c(Br)cc(F)cc1Br. The minimum atomic E-state index is -3.86. The van der Waals surface area contributed by atoms with Crippen LogP contribution < -0.4 is 4.31 Å². The van der Waals surface area contributed by atoms with Gasteiger partial charge in [0.15, 0.2) is 0 Å². The smallest absolute Gasteiger partial charge is 0.264 e. The Kier molecular flexibility index (Phi) is 5.29. The molecule has 3 nitrogen and oxygen atoms in total. The molecule has 0 aliphatic heterocycles. The van der Waals surface area contributed by atoms with Gasteiger partial charge in [-0.2, -0.15) is 0 Å². The second kappa shape index (κ2) is 6.68. The van der Waals surface area contributed by atoms with Gasteiger partial charge in [-0.3, -0.25) is 4.31 Å². The first-order chi connectivity index (χ1) is 10.2. The van der Waals surface area contributed by atoms with Crippen LogP contribution in [-0.4, -0.2) is 14.5 Å². The van der Waals surface area contributed by atoms with Crippen molar-refractivity contribution in [2.24, 2.45) is 0 Å². The molecule has 0 atom stereocenters. The first kappa shape index (κ1) is 17.4. The first-order valence-corrected chi connectivity index (χ1v) is 9.51. The van der Waals surface area contributed by atoms with E-state index in [1.54, 1.807) is 38.1 Å². The fourth-order valence-electron chi connectivity index (χ4n) is 2.16. The monoisotopic (exact) mass is 449 g/mol. The van der Waals surface area contributed by atoms with Crippen LogP contribution in [0, 0.1) is 5.82 Å². The third-order valence-corrected chi connectivity index (χ3v) is 6.84. The van der Waals surface area contributed by atoms with Gasteiger partial charge in [0.25, 0.3) is 10.0 Å². The molecule has 0 radical (unpaired) electrons. The maximum absolute atomic E-state index is 13.4. The zero-order chi connectivity index (χ0) is 16.5. The molecule has 0 aromatic heterocycles. The van der Waals surface area contributed by atoms with Crippen molar-refractivity contribution in [3.63, 3.8) is 0 Å². The molecule has 0 spiro atoms. The van der Waals surface area contributed by atoms with E-state index in [0.717, 1.165) is 12.1 Å². The molecule has 0 fully saturated rings. The molecule has 0 aliphatic rings. The quantitative estimate of drug-likeness (QED) is 0.660. The van der Waals surface area contributed by atoms with E-state index in [1.807, 2.05) is 6.07 Å². The highest BCUT2D eigenvalue weighted by Crippen LogP contribution is 2.35. The van der Waals surface area contributed by atoms with Crippen molar-refractivity contribution in [3.05, 3.63) is 57.2 Å². The number of rotatable bonds is 4. The van der Waals surface area contributed by atoms with E-state index in [1.165, 1.54) is 4.31 Å². The Morgan fingerprint density at radius 3 is 2.00 bits per heavy atom. The van der Waals surface area contributed by atoms with Gasteiger partial charge in [0.05, 0.1) is 5.69 Å². The van der Waals surface area contributed by atoms with Crippen LogP contribution in [0.4, 0.5) is 10.1 Å². The number of halogens is 3. The Bertz CT molecular complexity index is 756. The third-order valence-electron chi connectivity index (χ3n) is 2.96. The highest BCUT2D eigenvalue weighted by molar-refractivity contribution is 9.11. The molecule has 2 aromatic rings. The maximum Gasteiger partial charge on any atom is 0.266 e. The fourth-order valence-corrected chi connectivity index (χ4v) is 6.28. The van der Waals surface area contributed by atoms with Gasteiger partial charge in [0.2, 0.25) is 0 Å². The number of anilines is 1. The van der Waals surface area contributed by atoms with E-state index in [9.17, 15) is 12.8 Å². The van der Waals surface area contributed by atoms with Gasteiger partial charge in [-0.25, -0.2) is 12.8 Å². The van der Waals surface area contributed by atoms with E-state index >= 15 is 0 Å². The van der Waals surface area contributed by atoms with Crippen LogP contribution >= 0.6 is 31.9 Å². The predicted molar refractivity (Wildman–Crippen MR) is 93.0 cm³/mol. The Morgan fingerprint density at radius 1 is 1.05 bits per heavy atom. The lowest BCUT2D eigenvalue weighted by Crippen LogP contribution is -2.37. The molecule has 22 heavy (non-hydrogen) atoms. The first-order valence-electron chi connectivity index (χ1n) is 6.49. The molecule has 0 N–H and O–H groups in total. The van der Waals surface area contributed by atoms with Gasteiger partial charge in [0, 0.05) is 15.0 Å². The summed E-state index contributed by atoms with van der Waals surface area (Å²) >= 11 is 6.30. The van der Waals surface area contributed by atoms with Crippen LogP contribution in [0.15, 0.2) is 56.3 Å². The summed E-state index contributed by atoms with van der Waals surface area (Å²) in [6.45, 7) is 3.58. The molecule has 0 aliphatic carbocycles. The van der Waals surface area contributed by atoms with Gasteiger partial charge >= 0.3 is 0 Å². The van der Waals surface area contributed by atoms with Gasteiger partial charge < -0.3 is 0 Å². The van der Waals surface area contributed by atoms with Crippen molar-refractivity contribution >= 4 is 47.6 Å². The van der Waals surface area contributed by atoms with Crippen molar-refractivity contribution in [1.82, 2.24) is 0 Å². The molecule has 2 rings (SSSR count). The van der Waals surface area contributed by atoms with Gasteiger partial charge in [-0.05, 0) is 70.0 Å². The van der Waals surface area contributed by atoms with Gasteiger partial charge in [0.1, 0.15) is 10.7 Å². The van der Waals surface area contributed by atoms with Crippen molar-refractivity contribution in [2.45, 2.75) is 24.8 Å². The van der Waals surface area contributed by atoms with Crippen LogP contribution in [0.25, 0.3) is 0 Å².